The van der Waals surface area contributed by atoms with Crippen molar-refractivity contribution in [3.8, 4) is 0 Å². The van der Waals surface area contributed by atoms with E-state index in [1.165, 1.54) is 0 Å². The zero-order chi connectivity index (χ0) is 13.7. The Morgan fingerprint density at radius 1 is 1.58 bits per heavy atom. The quantitative estimate of drug-likeness (QED) is 0.862. The maximum atomic E-state index is 12.4. The molecular formula is C14H19ClN2O2. The van der Waals surface area contributed by atoms with Crippen molar-refractivity contribution >= 4 is 17.5 Å². The molecule has 1 fully saturated rings. The average Bonchev–Trinajstić information content (AvgIpc) is 2.86. The van der Waals surface area contributed by atoms with E-state index in [2.05, 4.69) is 10.6 Å². The first kappa shape index (κ1) is 14.3. The summed E-state index contributed by atoms with van der Waals surface area (Å²) in [5.74, 6) is 0.0410. The predicted molar refractivity (Wildman–Crippen MR) is 75.1 cm³/mol. The highest BCUT2D eigenvalue weighted by Crippen LogP contribution is 2.26. The number of amides is 1. The van der Waals surface area contributed by atoms with Gasteiger partial charge >= 0.3 is 0 Å². The third kappa shape index (κ3) is 3.47. The lowest BCUT2D eigenvalue weighted by Gasteiger charge is -2.26. The third-order valence-corrected chi connectivity index (χ3v) is 3.72. The van der Waals surface area contributed by atoms with E-state index in [9.17, 15) is 4.79 Å². The summed E-state index contributed by atoms with van der Waals surface area (Å²) in [6, 6.07) is 7.51. The van der Waals surface area contributed by atoms with Gasteiger partial charge < -0.3 is 15.4 Å². The Morgan fingerprint density at radius 2 is 2.42 bits per heavy atom. The van der Waals surface area contributed by atoms with Crippen LogP contribution in [0.1, 0.15) is 12.0 Å². The summed E-state index contributed by atoms with van der Waals surface area (Å²) >= 11 is 5.92. The SMILES string of the molecule is COCC1(C(=O)NCc2cccc(Cl)c2)CCNC1. The Morgan fingerprint density at radius 3 is 3.05 bits per heavy atom. The smallest absolute Gasteiger partial charge is 0.230 e. The maximum Gasteiger partial charge on any atom is 0.230 e. The largest absolute Gasteiger partial charge is 0.384 e. The highest BCUT2D eigenvalue weighted by atomic mass is 35.5. The number of halogens is 1. The van der Waals surface area contributed by atoms with Crippen LogP contribution in [0.5, 0.6) is 0 Å². The Labute approximate surface area is 118 Å². The molecule has 0 spiro atoms. The molecule has 1 unspecified atom stereocenters. The normalized spacial score (nSPS) is 22.4. The zero-order valence-electron chi connectivity index (χ0n) is 11.0. The van der Waals surface area contributed by atoms with Crippen LogP contribution in [0.15, 0.2) is 24.3 Å². The van der Waals surface area contributed by atoms with Crippen molar-refractivity contribution in [2.75, 3.05) is 26.8 Å². The molecule has 0 radical (unpaired) electrons. The summed E-state index contributed by atoms with van der Waals surface area (Å²) in [6.45, 7) is 2.46. The van der Waals surface area contributed by atoms with Crippen molar-refractivity contribution in [1.82, 2.24) is 10.6 Å². The molecule has 2 rings (SSSR count). The van der Waals surface area contributed by atoms with E-state index < -0.39 is 5.41 Å². The molecule has 0 aromatic heterocycles. The molecule has 1 aromatic carbocycles. The summed E-state index contributed by atoms with van der Waals surface area (Å²) in [7, 11) is 1.63. The molecular weight excluding hydrogens is 264 g/mol. The van der Waals surface area contributed by atoms with Gasteiger partial charge in [0.05, 0.1) is 12.0 Å². The van der Waals surface area contributed by atoms with Crippen molar-refractivity contribution in [1.29, 1.82) is 0 Å². The molecule has 0 aliphatic carbocycles. The Kier molecular flexibility index (Phi) is 4.80. The molecule has 5 heteroatoms. The van der Waals surface area contributed by atoms with Gasteiger partial charge in [0.15, 0.2) is 0 Å². The van der Waals surface area contributed by atoms with Crippen molar-refractivity contribution in [2.45, 2.75) is 13.0 Å². The number of hydrogen-bond acceptors (Lipinski definition) is 3. The van der Waals surface area contributed by atoms with Crippen LogP contribution in [0.2, 0.25) is 5.02 Å². The van der Waals surface area contributed by atoms with Crippen LogP contribution in [-0.2, 0) is 16.1 Å². The first-order valence-electron chi connectivity index (χ1n) is 6.39. The fraction of sp³-hybridized carbons (Fsp3) is 0.500. The number of nitrogens with one attached hydrogen (secondary N) is 2. The minimum Gasteiger partial charge on any atom is -0.384 e. The van der Waals surface area contributed by atoms with Crippen LogP contribution >= 0.6 is 11.6 Å². The molecule has 2 N–H and O–H groups in total. The van der Waals surface area contributed by atoms with Crippen molar-refractivity contribution in [2.24, 2.45) is 5.41 Å². The molecule has 4 nitrogen and oxygen atoms in total. The van der Waals surface area contributed by atoms with Crippen LogP contribution in [0.3, 0.4) is 0 Å². The van der Waals surface area contributed by atoms with Crippen molar-refractivity contribution in [3.05, 3.63) is 34.9 Å². The van der Waals surface area contributed by atoms with Gasteiger partial charge in [-0.15, -0.1) is 0 Å². The second-order valence-electron chi connectivity index (χ2n) is 4.95. The van der Waals surface area contributed by atoms with E-state index >= 15 is 0 Å². The monoisotopic (exact) mass is 282 g/mol. The zero-order valence-corrected chi connectivity index (χ0v) is 11.8. The second-order valence-corrected chi connectivity index (χ2v) is 5.39. The molecule has 1 heterocycles. The van der Waals surface area contributed by atoms with Gasteiger partial charge in [-0.3, -0.25) is 4.79 Å². The van der Waals surface area contributed by atoms with E-state index in [1.54, 1.807) is 7.11 Å². The van der Waals surface area contributed by atoms with Gasteiger partial charge in [-0.25, -0.2) is 0 Å². The number of ether oxygens (including phenoxy) is 1. The first-order valence-corrected chi connectivity index (χ1v) is 6.76. The van der Waals surface area contributed by atoms with Gasteiger partial charge in [0.1, 0.15) is 0 Å². The molecule has 104 valence electrons. The Hall–Kier alpha value is -1.10. The average molecular weight is 283 g/mol. The fourth-order valence-electron chi connectivity index (χ4n) is 2.42. The van der Waals surface area contributed by atoms with Crippen LogP contribution in [0.25, 0.3) is 0 Å². The second kappa shape index (κ2) is 6.37. The number of carbonyl (C=O) groups is 1. The number of rotatable bonds is 5. The molecule has 1 aromatic rings. The molecule has 1 amide bonds. The molecule has 1 atom stereocenters. The van der Waals surface area contributed by atoms with Gasteiger partial charge in [0, 0.05) is 25.2 Å². The summed E-state index contributed by atoms with van der Waals surface area (Å²) in [6.07, 6.45) is 0.808. The minimum atomic E-state index is -0.437. The topological polar surface area (TPSA) is 50.4 Å². The lowest BCUT2D eigenvalue weighted by molar-refractivity contribution is -0.133. The molecule has 19 heavy (non-hydrogen) atoms. The standard InChI is InChI=1S/C14H19ClN2O2/c1-19-10-14(5-6-16-9-14)13(18)17-8-11-3-2-4-12(15)7-11/h2-4,7,16H,5-6,8-10H2,1H3,(H,17,18). The van der Waals surface area contributed by atoms with Gasteiger partial charge in [-0.2, -0.15) is 0 Å². The predicted octanol–water partition coefficient (Wildman–Crippen LogP) is 1.58. The highest BCUT2D eigenvalue weighted by Gasteiger charge is 2.41. The van der Waals surface area contributed by atoms with Gasteiger partial charge in [0.25, 0.3) is 0 Å². The van der Waals surface area contributed by atoms with Gasteiger partial charge in [-0.05, 0) is 30.7 Å². The van der Waals surface area contributed by atoms with E-state index in [0.29, 0.717) is 24.7 Å². The van der Waals surface area contributed by atoms with Crippen LogP contribution in [0, 0.1) is 5.41 Å². The third-order valence-electron chi connectivity index (χ3n) is 3.49. The van der Waals surface area contributed by atoms with Crippen LogP contribution in [-0.4, -0.2) is 32.7 Å². The van der Waals surface area contributed by atoms with Gasteiger partial charge in [-0.1, -0.05) is 23.7 Å². The molecule has 0 bridgehead atoms. The first-order chi connectivity index (χ1) is 9.16. The molecule has 1 aliphatic heterocycles. The summed E-state index contributed by atoms with van der Waals surface area (Å²) in [5.41, 5.74) is 0.562. The maximum absolute atomic E-state index is 12.4. The lowest BCUT2D eigenvalue weighted by atomic mass is 9.87. The van der Waals surface area contributed by atoms with E-state index in [1.807, 2.05) is 24.3 Å². The molecule has 1 aliphatic rings. The van der Waals surface area contributed by atoms with Crippen molar-refractivity contribution < 1.29 is 9.53 Å². The molecule has 0 saturated carbocycles. The van der Waals surface area contributed by atoms with E-state index in [0.717, 1.165) is 18.5 Å². The highest BCUT2D eigenvalue weighted by molar-refractivity contribution is 6.30. The Bertz CT molecular complexity index is 445. The number of methoxy groups -OCH3 is 1. The summed E-state index contributed by atoms with van der Waals surface area (Å²) in [4.78, 5) is 12.4. The van der Waals surface area contributed by atoms with E-state index in [4.69, 9.17) is 16.3 Å². The van der Waals surface area contributed by atoms with Gasteiger partial charge in [0.2, 0.25) is 5.91 Å². The van der Waals surface area contributed by atoms with Crippen LogP contribution < -0.4 is 10.6 Å². The number of hydrogen-bond donors (Lipinski definition) is 2. The summed E-state index contributed by atoms with van der Waals surface area (Å²) in [5, 5.41) is 6.88. The van der Waals surface area contributed by atoms with Crippen LogP contribution in [0.4, 0.5) is 0 Å². The number of carbonyl (C=O) groups excluding carboxylic acids is 1. The fourth-order valence-corrected chi connectivity index (χ4v) is 2.63. The minimum absolute atomic E-state index is 0.0410. The van der Waals surface area contributed by atoms with E-state index in [-0.39, 0.29) is 5.91 Å². The lowest BCUT2D eigenvalue weighted by Crippen LogP contribution is -2.45. The summed E-state index contributed by atoms with van der Waals surface area (Å²) < 4.78 is 5.20. The van der Waals surface area contributed by atoms with Crippen molar-refractivity contribution in [3.63, 3.8) is 0 Å². The number of benzene rings is 1. The Balaban J connectivity index is 1.96. The molecule has 1 saturated heterocycles.